The molecule has 2 N–H and O–H groups in total. The summed E-state index contributed by atoms with van der Waals surface area (Å²) in [7, 11) is 0. The molecule has 0 spiro atoms. The van der Waals surface area contributed by atoms with Gasteiger partial charge in [0.2, 0.25) is 11.8 Å². The molecule has 7 heteroatoms. The van der Waals surface area contributed by atoms with E-state index in [0.29, 0.717) is 39.3 Å². The number of halogens is 1. The highest BCUT2D eigenvalue weighted by Gasteiger charge is 2.23. The van der Waals surface area contributed by atoms with Crippen molar-refractivity contribution < 1.29 is 14.0 Å². The van der Waals surface area contributed by atoms with Gasteiger partial charge in [0.25, 0.3) is 0 Å². The number of piperazine rings is 1. The Hall–Kier alpha value is -2.41. The van der Waals surface area contributed by atoms with Crippen LogP contribution in [-0.4, -0.2) is 65.9 Å². The van der Waals surface area contributed by atoms with Crippen molar-refractivity contribution in [3.05, 3.63) is 35.3 Å². The normalized spacial score (nSPS) is 15.4. The lowest BCUT2D eigenvalue weighted by molar-refractivity contribution is -0.132. The van der Waals surface area contributed by atoms with E-state index in [4.69, 9.17) is 0 Å². The van der Waals surface area contributed by atoms with Gasteiger partial charge in [-0.1, -0.05) is 0 Å². The summed E-state index contributed by atoms with van der Waals surface area (Å²) in [6, 6.07) is 4.59. The SMILES string of the molecule is CCNC(=O)CN1CCN(C(=O)Cc2c(C)[nH]c3ccc(F)cc23)CC1. The highest BCUT2D eigenvalue weighted by Crippen LogP contribution is 2.24. The number of aromatic amines is 1. The van der Waals surface area contributed by atoms with Crippen molar-refractivity contribution in [1.29, 1.82) is 0 Å². The molecule has 1 fully saturated rings. The van der Waals surface area contributed by atoms with E-state index in [2.05, 4.69) is 15.2 Å². The van der Waals surface area contributed by atoms with Gasteiger partial charge in [-0.05, 0) is 37.6 Å². The van der Waals surface area contributed by atoms with Crippen molar-refractivity contribution in [2.45, 2.75) is 20.3 Å². The van der Waals surface area contributed by atoms with Crippen molar-refractivity contribution in [2.75, 3.05) is 39.3 Å². The number of amides is 2. The molecular weight excluding hydrogens is 335 g/mol. The first-order valence-corrected chi connectivity index (χ1v) is 9.01. The lowest BCUT2D eigenvalue weighted by atomic mass is 10.1. The quantitative estimate of drug-likeness (QED) is 0.848. The van der Waals surface area contributed by atoms with Crippen LogP contribution in [0.3, 0.4) is 0 Å². The number of hydrogen-bond donors (Lipinski definition) is 2. The maximum Gasteiger partial charge on any atom is 0.234 e. The number of aryl methyl sites for hydroxylation is 1. The minimum atomic E-state index is -0.302. The Balaban J connectivity index is 1.61. The molecule has 3 rings (SSSR count). The van der Waals surface area contributed by atoms with E-state index < -0.39 is 0 Å². The summed E-state index contributed by atoms with van der Waals surface area (Å²) in [5.74, 6) is -0.246. The monoisotopic (exact) mass is 360 g/mol. The van der Waals surface area contributed by atoms with Gasteiger partial charge in [-0.2, -0.15) is 0 Å². The van der Waals surface area contributed by atoms with Crippen LogP contribution in [0, 0.1) is 12.7 Å². The number of fused-ring (bicyclic) bond motifs is 1. The molecule has 6 nitrogen and oxygen atoms in total. The van der Waals surface area contributed by atoms with Crippen LogP contribution in [0.4, 0.5) is 4.39 Å². The third-order valence-corrected chi connectivity index (χ3v) is 4.88. The first-order valence-electron chi connectivity index (χ1n) is 9.01. The minimum absolute atomic E-state index is 0.0173. The Labute approximate surface area is 152 Å². The van der Waals surface area contributed by atoms with E-state index in [1.807, 2.05) is 18.7 Å². The number of benzene rings is 1. The Morgan fingerprint density at radius 3 is 2.65 bits per heavy atom. The molecule has 0 saturated carbocycles. The van der Waals surface area contributed by atoms with Crippen molar-refractivity contribution >= 4 is 22.7 Å². The molecule has 1 saturated heterocycles. The van der Waals surface area contributed by atoms with Gasteiger partial charge < -0.3 is 15.2 Å². The molecule has 1 aliphatic rings. The lowest BCUT2D eigenvalue weighted by Gasteiger charge is -2.34. The summed E-state index contributed by atoms with van der Waals surface area (Å²) < 4.78 is 13.6. The van der Waals surface area contributed by atoms with Crippen LogP contribution in [0.1, 0.15) is 18.2 Å². The molecule has 1 aromatic carbocycles. The first-order chi connectivity index (χ1) is 12.5. The fraction of sp³-hybridized carbons (Fsp3) is 0.474. The van der Waals surface area contributed by atoms with Crippen molar-refractivity contribution in [3.8, 4) is 0 Å². The number of likely N-dealkylation sites (N-methyl/N-ethyl adjacent to an activating group) is 1. The van der Waals surface area contributed by atoms with Gasteiger partial charge in [-0.25, -0.2) is 4.39 Å². The molecule has 0 radical (unpaired) electrons. The van der Waals surface area contributed by atoms with E-state index in [1.54, 1.807) is 6.07 Å². The van der Waals surface area contributed by atoms with Crippen molar-refractivity contribution in [3.63, 3.8) is 0 Å². The molecule has 2 amide bonds. The summed E-state index contributed by atoms with van der Waals surface area (Å²) in [5, 5.41) is 3.56. The van der Waals surface area contributed by atoms with Gasteiger partial charge in [-0.15, -0.1) is 0 Å². The zero-order chi connectivity index (χ0) is 18.7. The molecule has 2 aromatic rings. The molecule has 1 aliphatic heterocycles. The predicted octanol–water partition coefficient (Wildman–Crippen LogP) is 1.44. The molecule has 0 aliphatic carbocycles. The maximum absolute atomic E-state index is 13.6. The highest BCUT2D eigenvalue weighted by atomic mass is 19.1. The first kappa shape index (κ1) is 18.4. The topological polar surface area (TPSA) is 68.4 Å². The highest BCUT2D eigenvalue weighted by molar-refractivity contribution is 5.90. The summed E-state index contributed by atoms with van der Waals surface area (Å²) in [5.41, 5.74) is 2.60. The van der Waals surface area contributed by atoms with Crippen LogP contribution in [0.15, 0.2) is 18.2 Å². The number of hydrogen-bond acceptors (Lipinski definition) is 3. The molecular formula is C19H25FN4O2. The molecule has 0 bridgehead atoms. The Morgan fingerprint density at radius 2 is 1.96 bits per heavy atom. The van der Waals surface area contributed by atoms with Crippen LogP contribution in [0.5, 0.6) is 0 Å². The van der Waals surface area contributed by atoms with E-state index in [-0.39, 0.29) is 24.1 Å². The van der Waals surface area contributed by atoms with Crippen LogP contribution in [-0.2, 0) is 16.0 Å². The van der Waals surface area contributed by atoms with Gasteiger partial charge in [0, 0.05) is 49.3 Å². The van der Waals surface area contributed by atoms with Gasteiger partial charge >= 0.3 is 0 Å². The van der Waals surface area contributed by atoms with Crippen molar-refractivity contribution in [1.82, 2.24) is 20.1 Å². The average molecular weight is 360 g/mol. The van der Waals surface area contributed by atoms with Crippen LogP contribution in [0.25, 0.3) is 10.9 Å². The second-order valence-electron chi connectivity index (χ2n) is 6.71. The second kappa shape index (κ2) is 7.86. The number of aromatic nitrogens is 1. The Bertz CT molecular complexity index is 809. The molecule has 140 valence electrons. The third-order valence-electron chi connectivity index (χ3n) is 4.88. The number of carbonyl (C=O) groups excluding carboxylic acids is 2. The van der Waals surface area contributed by atoms with Gasteiger partial charge in [0.05, 0.1) is 13.0 Å². The largest absolute Gasteiger partial charge is 0.358 e. The van der Waals surface area contributed by atoms with Crippen LogP contribution in [0.2, 0.25) is 0 Å². The zero-order valence-corrected chi connectivity index (χ0v) is 15.3. The van der Waals surface area contributed by atoms with Crippen LogP contribution < -0.4 is 5.32 Å². The molecule has 2 heterocycles. The zero-order valence-electron chi connectivity index (χ0n) is 15.3. The van der Waals surface area contributed by atoms with E-state index in [0.717, 1.165) is 22.2 Å². The fourth-order valence-electron chi connectivity index (χ4n) is 3.46. The van der Waals surface area contributed by atoms with E-state index >= 15 is 0 Å². The molecule has 0 unspecified atom stereocenters. The summed E-state index contributed by atoms with van der Waals surface area (Å²) >= 11 is 0. The van der Waals surface area contributed by atoms with E-state index in [1.165, 1.54) is 12.1 Å². The summed E-state index contributed by atoms with van der Waals surface area (Å²) in [6.45, 7) is 7.38. The molecule has 26 heavy (non-hydrogen) atoms. The standard InChI is InChI=1S/C19H25FN4O2/c1-3-21-18(25)12-23-6-8-24(9-7-23)19(26)11-15-13(2)22-17-5-4-14(20)10-16(15)17/h4-5,10,22H,3,6-9,11-12H2,1-2H3,(H,21,25). The predicted molar refractivity (Wildman–Crippen MR) is 98.4 cm³/mol. The van der Waals surface area contributed by atoms with Gasteiger partial charge in [0.15, 0.2) is 0 Å². The fourth-order valence-corrected chi connectivity index (χ4v) is 3.46. The molecule has 1 aromatic heterocycles. The minimum Gasteiger partial charge on any atom is -0.358 e. The summed E-state index contributed by atoms with van der Waals surface area (Å²) in [6.07, 6.45) is 0.256. The average Bonchev–Trinajstić information content (AvgIpc) is 2.91. The lowest BCUT2D eigenvalue weighted by Crippen LogP contribution is -2.51. The smallest absolute Gasteiger partial charge is 0.234 e. The number of H-pyrrole nitrogens is 1. The number of carbonyl (C=O) groups is 2. The second-order valence-corrected chi connectivity index (χ2v) is 6.71. The van der Waals surface area contributed by atoms with E-state index in [9.17, 15) is 14.0 Å². The van der Waals surface area contributed by atoms with Crippen LogP contribution >= 0.6 is 0 Å². The number of rotatable bonds is 5. The van der Waals surface area contributed by atoms with Gasteiger partial charge in [-0.3, -0.25) is 14.5 Å². The molecule has 0 atom stereocenters. The van der Waals surface area contributed by atoms with Gasteiger partial charge in [0.1, 0.15) is 5.82 Å². The third kappa shape index (κ3) is 4.04. The number of nitrogens with one attached hydrogen (secondary N) is 2. The van der Waals surface area contributed by atoms with Crippen molar-refractivity contribution in [2.24, 2.45) is 0 Å². The Kier molecular flexibility index (Phi) is 5.56. The Morgan fingerprint density at radius 1 is 1.23 bits per heavy atom. The summed E-state index contributed by atoms with van der Waals surface area (Å²) in [4.78, 5) is 31.5. The maximum atomic E-state index is 13.6. The number of nitrogens with zero attached hydrogens (tertiary/aromatic N) is 2.